The van der Waals surface area contributed by atoms with Crippen LogP contribution in [0.2, 0.25) is 0 Å². The van der Waals surface area contributed by atoms with E-state index < -0.39 is 0 Å². The van der Waals surface area contributed by atoms with Gasteiger partial charge in [0.1, 0.15) is 0 Å². The summed E-state index contributed by atoms with van der Waals surface area (Å²) in [4.78, 5) is 13.7. The number of carbonyl (C=O) groups is 1. The van der Waals surface area contributed by atoms with Crippen molar-refractivity contribution in [3.63, 3.8) is 0 Å². The average molecular weight is 317 g/mol. The Kier molecular flexibility index (Phi) is 7.83. The number of aromatic nitrogens is 3. The van der Waals surface area contributed by atoms with Crippen LogP contribution >= 0.6 is 23.5 Å². The predicted molar refractivity (Wildman–Crippen MR) is 84.5 cm³/mol. The number of hydrogen-bond acceptors (Lipinski definition) is 6. The lowest BCUT2D eigenvalue weighted by molar-refractivity contribution is -0.127. The highest BCUT2D eigenvalue weighted by Crippen LogP contribution is 2.21. The van der Waals surface area contributed by atoms with E-state index in [2.05, 4.69) is 17.1 Å². The molecule has 1 aromatic heterocycles. The first kappa shape index (κ1) is 17.2. The minimum absolute atomic E-state index is 0.100. The molecule has 0 aromatic carbocycles. The number of nitrogens with two attached hydrogens (primary N) is 1. The van der Waals surface area contributed by atoms with Gasteiger partial charge in [0.05, 0.1) is 5.75 Å². The molecule has 0 radical (unpaired) electrons. The molecule has 0 saturated carbocycles. The smallest absolute Gasteiger partial charge is 0.233 e. The van der Waals surface area contributed by atoms with Crippen LogP contribution in [-0.2, 0) is 4.79 Å². The standard InChI is InChI=1S/C12H23N5OS2/c1-4-7-8-19-11-14-15-12(17(11)13)20-9-10(18)16(5-2)6-3/h4-9,13H2,1-3H3. The summed E-state index contributed by atoms with van der Waals surface area (Å²) in [6.45, 7) is 7.54. The molecule has 0 saturated heterocycles. The second-order valence-electron chi connectivity index (χ2n) is 4.19. The second kappa shape index (κ2) is 9.12. The molecule has 0 aliphatic carbocycles. The number of carbonyl (C=O) groups excluding carboxylic acids is 1. The lowest BCUT2D eigenvalue weighted by Gasteiger charge is -2.17. The lowest BCUT2D eigenvalue weighted by Crippen LogP contribution is -2.32. The van der Waals surface area contributed by atoms with Crippen molar-refractivity contribution in [2.24, 2.45) is 0 Å². The fourth-order valence-electron chi connectivity index (χ4n) is 1.56. The van der Waals surface area contributed by atoms with Crippen LogP contribution in [0.3, 0.4) is 0 Å². The quantitative estimate of drug-likeness (QED) is 0.425. The van der Waals surface area contributed by atoms with E-state index >= 15 is 0 Å². The summed E-state index contributed by atoms with van der Waals surface area (Å²) in [7, 11) is 0. The Labute approximate surface area is 128 Å². The van der Waals surface area contributed by atoms with E-state index in [-0.39, 0.29) is 5.91 Å². The number of hydrogen-bond donors (Lipinski definition) is 1. The molecule has 114 valence electrons. The van der Waals surface area contributed by atoms with Gasteiger partial charge in [-0.25, -0.2) is 4.68 Å². The Morgan fingerprint density at radius 2 is 1.80 bits per heavy atom. The van der Waals surface area contributed by atoms with Crippen molar-refractivity contribution in [3.8, 4) is 0 Å². The molecule has 1 rings (SSSR count). The fraction of sp³-hybridized carbons (Fsp3) is 0.750. The summed E-state index contributed by atoms with van der Waals surface area (Å²) < 4.78 is 1.47. The Morgan fingerprint density at radius 1 is 1.20 bits per heavy atom. The molecule has 8 heteroatoms. The largest absolute Gasteiger partial charge is 0.343 e. The van der Waals surface area contributed by atoms with Crippen LogP contribution in [0.15, 0.2) is 10.3 Å². The summed E-state index contributed by atoms with van der Waals surface area (Å²) in [6, 6.07) is 0. The number of nitrogens with zero attached hydrogens (tertiary/aromatic N) is 4. The topological polar surface area (TPSA) is 77.0 Å². The first-order valence-electron chi connectivity index (χ1n) is 6.87. The number of amides is 1. The number of nitrogen functional groups attached to an aromatic ring is 1. The van der Waals surface area contributed by atoms with Gasteiger partial charge >= 0.3 is 0 Å². The Morgan fingerprint density at radius 3 is 2.35 bits per heavy atom. The van der Waals surface area contributed by atoms with Gasteiger partial charge < -0.3 is 10.7 Å². The Balaban J connectivity index is 2.50. The van der Waals surface area contributed by atoms with E-state index in [4.69, 9.17) is 5.84 Å². The van der Waals surface area contributed by atoms with Crippen LogP contribution in [-0.4, -0.2) is 50.3 Å². The normalized spacial score (nSPS) is 10.8. The Hall–Kier alpha value is -0.890. The third kappa shape index (κ3) is 4.90. The minimum Gasteiger partial charge on any atom is -0.343 e. The van der Waals surface area contributed by atoms with Gasteiger partial charge in [0.25, 0.3) is 0 Å². The zero-order valence-electron chi connectivity index (χ0n) is 12.3. The molecule has 0 aliphatic heterocycles. The van der Waals surface area contributed by atoms with Gasteiger partial charge in [0.2, 0.25) is 16.2 Å². The van der Waals surface area contributed by atoms with Crippen LogP contribution in [0, 0.1) is 0 Å². The van der Waals surface area contributed by atoms with E-state index in [0.717, 1.165) is 31.7 Å². The molecule has 0 aliphatic rings. The zero-order valence-corrected chi connectivity index (χ0v) is 14.0. The molecule has 2 N–H and O–H groups in total. The highest BCUT2D eigenvalue weighted by atomic mass is 32.2. The molecule has 1 amide bonds. The molecule has 1 aromatic rings. The molecule has 6 nitrogen and oxygen atoms in total. The van der Waals surface area contributed by atoms with Crippen LogP contribution < -0.4 is 5.84 Å². The van der Waals surface area contributed by atoms with Gasteiger partial charge in [-0.3, -0.25) is 4.79 Å². The summed E-state index contributed by atoms with van der Waals surface area (Å²) in [5.74, 6) is 7.36. The van der Waals surface area contributed by atoms with Gasteiger partial charge in [0.15, 0.2) is 0 Å². The van der Waals surface area contributed by atoms with Crippen molar-refractivity contribution < 1.29 is 4.79 Å². The molecule has 0 bridgehead atoms. The minimum atomic E-state index is 0.100. The van der Waals surface area contributed by atoms with Gasteiger partial charge in [-0.05, 0) is 20.3 Å². The first-order chi connectivity index (χ1) is 9.63. The van der Waals surface area contributed by atoms with E-state index in [1.807, 2.05) is 13.8 Å². The maximum Gasteiger partial charge on any atom is 0.233 e. The summed E-state index contributed by atoms with van der Waals surface area (Å²) in [5.41, 5.74) is 0. The molecular formula is C12H23N5OS2. The van der Waals surface area contributed by atoms with Crippen molar-refractivity contribution in [1.29, 1.82) is 0 Å². The predicted octanol–water partition coefficient (Wildman–Crippen LogP) is 1.84. The van der Waals surface area contributed by atoms with E-state index in [0.29, 0.717) is 16.1 Å². The SMILES string of the molecule is CCCCSc1nnc(SCC(=O)N(CC)CC)n1N. The van der Waals surface area contributed by atoms with Crippen molar-refractivity contribution in [2.45, 2.75) is 43.9 Å². The highest BCUT2D eigenvalue weighted by molar-refractivity contribution is 8.00. The summed E-state index contributed by atoms with van der Waals surface area (Å²) >= 11 is 2.93. The second-order valence-corrected chi connectivity index (χ2v) is 6.20. The average Bonchev–Trinajstić information content (AvgIpc) is 2.79. The third-order valence-electron chi connectivity index (χ3n) is 2.80. The van der Waals surface area contributed by atoms with E-state index in [1.165, 1.54) is 16.4 Å². The van der Waals surface area contributed by atoms with Crippen molar-refractivity contribution in [2.75, 3.05) is 30.4 Å². The molecule has 1 heterocycles. The third-order valence-corrected chi connectivity index (χ3v) is 4.76. The van der Waals surface area contributed by atoms with Crippen LogP contribution in [0.5, 0.6) is 0 Å². The molecule has 0 fully saturated rings. The summed E-state index contributed by atoms with van der Waals surface area (Å²) in [5, 5.41) is 9.38. The van der Waals surface area contributed by atoms with Crippen LogP contribution in [0.1, 0.15) is 33.6 Å². The van der Waals surface area contributed by atoms with Crippen molar-refractivity contribution in [1.82, 2.24) is 19.8 Å². The highest BCUT2D eigenvalue weighted by Gasteiger charge is 2.14. The van der Waals surface area contributed by atoms with Gasteiger partial charge in [0, 0.05) is 18.8 Å². The number of rotatable bonds is 9. The Bertz CT molecular complexity index is 420. The number of thioether (sulfide) groups is 2. The van der Waals surface area contributed by atoms with Crippen LogP contribution in [0.25, 0.3) is 0 Å². The summed E-state index contributed by atoms with van der Waals surface area (Å²) in [6.07, 6.45) is 2.27. The molecular weight excluding hydrogens is 294 g/mol. The fourth-order valence-corrected chi connectivity index (χ4v) is 3.32. The first-order valence-corrected chi connectivity index (χ1v) is 8.84. The molecule has 0 unspecified atom stereocenters. The zero-order chi connectivity index (χ0) is 15.0. The van der Waals surface area contributed by atoms with Gasteiger partial charge in [-0.1, -0.05) is 36.9 Å². The monoisotopic (exact) mass is 317 g/mol. The van der Waals surface area contributed by atoms with Crippen molar-refractivity contribution in [3.05, 3.63) is 0 Å². The van der Waals surface area contributed by atoms with Gasteiger partial charge in [-0.2, -0.15) is 0 Å². The van der Waals surface area contributed by atoms with E-state index in [1.54, 1.807) is 16.7 Å². The number of unbranched alkanes of at least 4 members (excludes halogenated alkanes) is 1. The van der Waals surface area contributed by atoms with Crippen molar-refractivity contribution >= 4 is 29.4 Å². The molecule has 20 heavy (non-hydrogen) atoms. The maximum atomic E-state index is 11.9. The molecule has 0 spiro atoms. The maximum absolute atomic E-state index is 11.9. The molecule has 0 atom stereocenters. The van der Waals surface area contributed by atoms with E-state index in [9.17, 15) is 4.79 Å². The van der Waals surface area contributed by atoms with Crippen LogP contribution in [0.4, 0.5) is 0 Å². The van der Waals surface area contributed by atoms with Gasteiger partial charge in [-0.15, -0.1) is 10.2 Å². The lowest BCUT2D eigenvalue weighted by atomic mass is 10.4.